The van der Waals surface area contributed by atoms with Crippen molar-refractivity contribution in [1.29, 1.82) is 0 Å². The zero-order valence-electron chi connectivity index (χ0n) is 9.14. The molecule has 0 fully saturated rings. The predicted molar refractivity (Wildman–Crippen MR) is 68.3 cm³/mol. The number of methoxy groups -OCH3 is 1. The van der Waals surface area contributed by atoms with Crippen molar-refractivity contribution < 1.29 is 9.53 Å². The summed E-state index contributed by atoms with van der Waals surface area (Å²) in [6.07, 6.45) is 0.202. The highest BCUT2D eigenvalue weighted by Gasteiger charge is 2.09. The lowest BCUT2D eigenvalue weighted by atomic mass is 10.2. The summed E-state index contributed by atoms with van der Waals surface area (Å²) >= 11 is 7.40. The van der Waals surface area contributed by atoms with Gasteiger partial charge in [-0.3, -0.25) is 4.79 Å². The minimum Gasteiger partial charge on any atom is -0.469 e. The number of carbonyl (C=O) groups is 1. The Kier molecular flexibility index (Phi) is 3.76. The Morgan fingerprint density at radius 3 is 3.06 bits per heavy atom. The molecule has 0 radical (unpaired) electrons. The number of nitrogens with zero attached hydrogens (tertiary/aromatic N) is 1. The Balaban J connectivity index is 2.21. The number of thiazole rings is 1. The monoisotopic (exact) mass is 267 g/mol. The molecule has 2 rings (SSSR count). The van der Waals surface area contributed by atoms with Crippen LogP contribution < -0.4 is 0 Å². The van der Waals surface area contributed by atoms with Crippen molar-refractivity contribution in [2.45, 2.75) is 6.42 Å². The van der Waals surface area contributed by atoms with Crippen LogP contribution in [0.25, 0.3) is 10.6 Å². The summed E-state index contributed by atoms with van der Waals surface area (Å²) < 4.78 is 4.59. The van der Waals surface area contributed by atoms with E-state index in [-0.39, 0.29) is 12.4 Å². The fraction of sp³-hybridized carbons (Fsp3) is 0.167. The molecule has 0 atom stereocenters. The highest BCUT2D eigenvalue weighted by Crippen LogP contribution is 2.26. The molecule has 2 aromatic rings. The minimum absolute atomic E-state index is 0.202. The largest absolute Gasteiger partial charge is 0.469 e. The van der Waals surface area contributed by atoms with Crippen LogP contribution in [0.15, 0.2) is 29.6 Å². The molecule has 0 N–H and O–H groups in total. The highest BCUT2D eigenvalue weighted by atomic mass is 35.5. The first-order valence-corrected chi connectivity index (χ1v) is 6.22. The number of aromatic nitrogens is 1. The molecule has 0 bridgehead atoms. The lowest BCUT2D eigenvalue weighted by molar-refractivity contribution is -0.139. The molecule has 3 nitrogen and oxygen atoms in total. The van der Waals surface area contributed by atoms with Crippen molar-refractivity contribution in [3.05, 3.63) is 40.4 Å². The molecule has 1 aromatic carbocycles. The Labute approximate surface area is 108 Å². The molecule has 1 aromatic heterocycles. The first-order valence-electron chi connectivity index (χ1n) is 4.96. The van der Waals surface area contributed by atoms with Crippen LogP contribution in [0.5, 0.6) is 0 Å². The third-order valence-electron chi connectivity index (χ3n) is 2.18. The topological polar surface area (TPSA) is 39.2 Å². The van der Waals surface area contributed by atoms with Crippen LogP contribution in [-0.2, 0) is 16.0 Å². The van der Waals surface area contributed by atoms with Crippen LogP contribution >= 0.6 is 22.9 Å². The van der Waals surface area contributed by atoms with E-state index in [0.717, 1.165) is 16.3 Å². The maximum atomic E-state index is 11.1. The van der Waals surface area contributed by atoms with Gasteiger partial charge in [0, 0.05) is 16.0 Å². The average Bonchev–Trinajstić information content (AvgIpc) is 2.77. The summed E-state index contributed by atoms with van der Waals surface area (Å²) in [4.78, 5) is 15.5. The second-order valence-electron chi connectivity index (χ2n) is 3.41. The minimum atomic E-state index is -0.284. The fourth-order valence-electron chi connectivity index (χ4n) is 1.36. The number of esters is 1. The third kappa shape index (κ3) is 3.05. The van der Waals surface area contributed by atoms with Crippen molar-refractivity contribution in [2.75, 3.05) is 7.11 Å². The lowest BCUT2D eigenvalue weighted by Crippen LogP contribution is -2.04. The quantitative estimate of drug-likeness (QED) is 0.802. The lowest BCUT2D eigenvalue weighted by Gasteiger charge is -1.97. The molecule has 17 heavy (non-hydrogen) atoms. The van der Waals surface area contributed by atoms with Crippen LogP contribution in [-0.4, -0.2) is 18.1 Å². The number of benzene rings is 1. The van der Waals surface area contributed by atoms with Crippen LogP contribution in [0.2, 0.25) is 5.02 Å². The van der Waals surface area contributed by atoms with E-state index in [1.807, 2.05) is 29.6 Å². The first kappa shape index (κ1) is 12.1. The molecule has 0 aliphatic heterocycles. The Hall–Kier alpha value is -1.39. The summed E-state index contributed by atoms with van der Waals surface area (Å²) in [5.74, 6) is -0.284. The summed E-state index contributed by atoms with van der Waals surface area (Å²) in [5, 5.41) is 3.38. The second kappa shape index (κ2) is 5.29. The summed E-state index contributed by atoms with van der Waals surface area (Å²) in [6.45, 7) is 0. The summed E-state index contributed by atoms with van der Waals surface area (Å²) in [6, 6.07) is 7.47. The Morgan fingerprint density at radius 1 is 1.53 bits per heavy atom. The van der Waals surface area contributed by atoms with E-state index in [2.05, 4.69) is 9.72 Å². The number of halogens is 1. The van der Waals surface area contributed by atoms with Gasteiger partial charge in [-0.05, 0) is 12.1 Å². The van der Waals surface area contributed by atoms with E-state index in [4.69, 9.17) is 11.6 Å². The van der Waals surface area contributed by atoms with Crippen molar-refractivity contribution in [3.8, 4) is 10.6 Å². The van der Waals surface area contributed by atoms with Gasteiger partial charge in [0.05, 0.1) is 19.2 Å². The number of rotatable bonds is 3. The van der Waals surface area contributed by atoms with E-state index >= 15 is 0 Å². The van der Waals surface area contributed by atoms with Crippen molar-refractivity contribution in [2.24, 2.45) is 0 Å². The molecule has 0 unspecified atom stereocenters. The van der Waals surface area contributed by atoms with Gasteiger partial charge in [0.25, 0.3) is 0 Å². The van der Waals surface area contributed by atoms with Gasteiger partial charge in [0.2, 0.25) is 0 Å². The normalized spacial score (nSPS) is 10.2. The maximum Gasteiger partial charge on any atom is 0.311 e. The molecular weight excluding hydrogens is 258 g/mol. The molecule has 0 amide bonds. The summed E-state index contributed by atoms with van der Waals surface area (Å²) in [5.41, 5.74) is 1.68. The third-order valence-corrected chi connectivity index (χ3v) is 3.35. The number of hydrogen-bond donors (Lipinski definition) is 0. The van der Waals surface area contributed by atoms with Gasteiger partial charge in [0.15, 0.2) is 0 Å². The van der Waals surface area contributed by atoms with Crippen molar-refractivity contribution in [3.63, 3.8) is 0 Å². The maximum absolute atomic E-state index is 11.1. The number of ether oxygens (including phenoxy) is 1. The zero-order valence-corrected chi connectivity index (χ0v) is 10.7. The molecule has 1 heterocycles. The molecule has 5 heteroatoms. The number of hydrogen-bond acceptors (Lipinski definition) is 4. The van der Waals surface area contributed by atoms with Crippen LogP contribution in [0.4, 0.5) is 0 Å². The Bertz CT molecular complexity index is 539. The van der Waals surface area contributed by atoms with Gasteiger partial charge in [-0.1, -0.05) is 23.7 Å². The molecule has 0 aliphatic rings. The molecule has 0 saturated heterocycles. The summed E-state index contributed by atoms with van der Waals surface area (Å²) in [7, 11) is 1.37. The molecule has 0 spiro atoms. The van der Waals surface area contributed by atoms with Crippen LogP contribution in [0.3, 0.4) is 0 Å². The SMILES string of the molecule is COC(=O)Cc1csc(-c2cccc(Cl)c2)n1. The molecular formula is C12H10ClNO2S. The van der Waals surface area contributed by atoms with Gasteiger partial charge in [-0.2, -0.15) is 0 Å². The van der Waals surface area contributed by atoms with Gasteiger partial charge in [-0.25, -0.2) is 4.98 Å². The highest BCUT2D eigenvalue weighted by molar-refractivity contribution is 7.13. The first-order chi connectivity index (χ1) is 8.19. The van der Waals surface area contributed by atoms with Gasteiger partial charge in [0.1, 0.15) is 5.01 Å². The molecule has 0 saturated carbocycles. The van der Waals surface area contributed by atoms with E-state index in [0.29, 0.717) is 5.02 Å². The van der Waals surface area contributed by atoms with Crippen molar-refractivity contribution in [1.82, 2.24) is 4.98 Å². The van der Waals surface area contributed by atoms with E-state index in [1.165, 1.54) is 18.4 Å². The van der Waals surface area contributed by atoms with Crippen LogP contribution in [0, 0.1) is 0 Å². The van der Waals surface area contributed by atoms with E-state index in [1.54, 1.807) is 0 Å². The van der Waals surface area contributed by atoms with Gasteiger partial charge in [-0.15, -0.1) is 11.3 Å². The van der Waals surface area contributed by atoms with Gasteiger partial charge >= 0.3 is 5.97 Å². The van der Waals surface area contributed by atoms with Gasteiger partial charge < -0.3 is 4.74 Å². The predicted octanol–water partition coefficient (Wildman–Crippen LogP) is 3.18. The molecule has 88 valence electrons. The Morgan fingerprint density at radius 2 is 2.35 bits per heavy atom. The van der Waals surface area contributed by atoms with E-state index in [9.17, 15) is 4.79 Å². The second-order valence-corrected chi connectivity index (χ2v) is 4.70. The van der Waals surface area contributed by atoms with Crippen molar-refractivity contribution >= 4 is 28.9 Å². The number of carbonyl (C=O) groups excluding carboxylic acids is 1. The zero-order chi connectivity index (χ0) is 12.3. The smallest absolute Gasteiger partial charge is 0.311 e. The fourth-order valence-corrected chi connectivity index (χ4v) is 2.37. The average molecular weight is 268 g/mol. The van der Waals surface area contributed by atoms with Crippen LogP contribution in [0.1, 0.15) is 5.69 Å². The molecule has 0 aliphatic carbocycles. The van der Waals surface area contributed by atoms with E-state index < -0.39 is 0 Å². The standard InChI is InChI=1S/C12H10ClNO2S/c1-16-11(15)6-10-7-17-12(14-10)8-3-2-4-9(13)5-8/h2-5,7H,6H2,1H3.